The van der Waals surface area contributed by atoms with Crippen LogP contribution in [0.15, 0.2) is 34.7 Å². The Kier molecular flexibility index (Phi) is 8.20. The monoisotopic (exact) mass is 417 g/mol. The molecule has 7 heteroatoms. The van der Waals surface area contributed by atoms with E-state index in [0.717, 1.165) is 5.39 Å². The number of carbonyl (C=O) groups is 2. The second-order valence-electron chi connectivity index (χ2n) is 7.86. The average molecular weight is 418 g/mol. The molecule has 29 heavy (non-hydrogen) atoms. The first kappa shape index (κ1) is 22.9. The maximum absolute atomic E-state index is 12.8. The van der Waals surface area contributed by atoms with Gasteiger partial charge in [0.2, 0.25) is 5.91 Å². The van der Waals surface area contributed by atoms with Gasteiger partial charge in [-0.1, -0.05) is 65.0 Å². The van der Waals surface area contributed by atoms with Crippen molar-refractivity contribution in [3.8, 4) is 0 Å². The first-order valence-corrected chi connectivity index (χ1v) is 10.5. The Labute approximate surface area is 177 Å². The van der Waals surface area contributed by atoms with Gasteiger partial charge in [-0.2, -0.15) is 0 Å². The minimum atomic E-state index is -0.408. The van der Waals surface area contributed by atoms with E-state index in [2.05, 4.69) is 16.0 Å². The third-order valence-corrected chi connectivity index (χ3v) is 5.26. The molecule has 0 spiro atoms. The van der Waals surface area contributed by atoms with Crippen molar-refractivity contribution in [1.29, 1.82) is 0 Å². The van der Waals surface area contributed by atoms with Crippen LogP contribution in [0.25, 0.3) is 11.0 Å². The first-order valence-electron chi connectivity index (χ1n) is 10.1. The molecule has 1 aromatic heterocycles. The number of benzene rings is 1. The lowest BCUT2D eigenvalue weighted by Crippen LogP contribution is -2.55. The van der Waals surface area contributed by atoms with Gasteiger partial charge >= 0.3 is 0 Å². The Morgan fingerprint density at radius 1 is 1.07 bits per heavy atom. The molecular formula is C22H31N3O3S. The van der Waals surface area contributed by atoms with Gasteiger partial charge in [0.15, 0.2) is 5.76 Å². The van der Waals surface area contributed by atoms with E-state index in [9.17, 15) is 9.59 Å². The van der Waals surface area contributed by atoms with E-state index < -0.39 is 6.04 Å². The Morgan fingerprint density at radius 3 is 2.34 bits per heavy atom. The molecule has 0 saturated heterocycles. The summed E-state index contributed by atoms with van der Waals surface area (Å²) in [6, 6.07) is 8.58. The minimum absolute atomic E-state index is 0.0810. The van der Waals surface area contributed by atoms with Crippen LogP contribution in [0.5, 0.6) is 0 Å². The van der Waals surface area contributed by atoms with E-state index in [-0.39, 0.29) is 35.5 Å². The van der Waals surface area contributed by atoms with E-state index in [4.69, 9.17) is 16.6 Å². The summed E-state index contributed by atoms with van der Waals surface area (Å²) in [4.78, 5) is 26.0. The third-order valence-electron chi connectivity index (χ3n) is 4.85. The lowest BCUT2D eigenvalue weighted by Gasteiger charge is -2.28. The molecule has 1 aromatic carbocycles. The smallest absolute Gasteiger partial charge is 0.287 e. The number of furan rings is 1. The Balaban J connectivity index is 2.00. The number of nitrogens with one attached hydrogen (secondary N) is 3. The Bertz CT molecular complexity index is 827. The minimum Gasteiger partial charge on any atom is -0.451 e. The molecule has 2 aromatic rings. The van der Waals surface area contributed by atoms with Crippen molar-refractivity contribution >= 4 is 40.0 Å². The van der Waals surface area contributed by atoms with Gasteiger partial charge in [0.25, 0.3) is 5.91 Å². The fourth-order valence-electron chi connectivity index (χ4n) is 2.92. The zero-order chi connectivity index (χ0) is 21.6. The van der Waals surface area contributed by atoms with Crippen LogP contribution < -0.4 is 16.0 Å². The van der Waals surface area contributed by atoms with Crippen molar-refractivity contribution < 1.29 is 14.0 Å². The van der Waals surface area contributed by atoms with Crippen molar-refractivity contribution in [1.82, 2.24) is 16.0 Å². The molecule has 0 fully saturated rings. The molecule has 2 rings (SSSR count). The normalized spacial score (nSPS) is 13.3. The van der Waals surface area contributed by atoms with Crippen LogP contribution in [0.3, 0.4) is 0 Å². The topological polar surface area (TPSA) is 83.4 Å². The van der Waals surface area contributed by atoms with Crippen LogP contribution in [0.2, 0.25) is 0 Å². The number of hydrogen-bond donors (Lipinski definition) is 3. The van der Waals surface area contributed by atoms with Crippen molar-refractivity contribution in [2.75, 3.05) is 6.54 Å². The standard InChI is InChI=1S/C22H31N3O3S/c1-6-19(29)25-20(14(4)5)22(27)24-16(13(2)3)12-23-21(26)18-11-15-9-7-8-10-17(15)28-18/h7-11,13-14,16,20H,6,12H2,1-5H3,(H,23,26)(H,24,27)(H,25,29)/t16-,20+/m1/s1. The largest absolute Gasteiger partial charge is 0.451 e. The first-order chi connectivity index (χ1) is 13.7. The molecular weight excluding hydrogens is 386 g/mol. The molecule has 0 unspecified atom stereocenters. The van der Waals surface area contributed by atoms with Gasteiger partial charge in [0.1, 0.15) is 11.6 Å². The van der Waals surface area contributed by atoms with E-state index in [0.29, 0.717) is 23.5 Å². The quantitative estimate of drug-likeness (QED) is 0.543. The molecule has 1 heterocycles. The van der Waals surface area contributed by atoms with Gasteiger partial charge in [-0.3, -0.25) is 9.59 Å². The SMILES string of the molecule is CCC(=S)N[C@H](C(=O)N[C@H](CNC(=O)c1cc2ccccc2o1)C(C)C)C(C)C. The summed E-state index contributed by atoms with van der Waals surface area (Å²) in [7, 11) is 0. The van der Waals surface area contributed by atoms with Crippen molar-refractivity contribution in [3.05, 3.63) is 36.1 Å². The number of carbonyl (C=O) groups excluding carboxylic acids is 2. The number of para-hydroxylation sites is 1. The lowest BCUT2D eigenvalue weighted by atomic mass is 10.00. The molecule has 0 bridgehead atoms. The van der Waals surface area contributed by atoms with E-state index in [1.807, 2.05) is 58.9 Å². The number of rotatable bonds is 9. The summed E-state index contributed by atoms with van der Waals surface area (Å²) >= 11 is 5.24. The van der Waals surface area contributed by atoms with Crippen LogP contribution in [-0.2, 0) is 4.79 Å². The fraction of sp³-hybridized carbons (Fsp3) is 0.500. The maximum atomic E-state index is 12.8. The summed E-state index contributed by atoms with van der Waals surface area (Å²) in [5.41, 5.74) is 0.670. The van der Waals surface area contributed by atoms with E-state index >= 15 is 0 Å². The van der Waals surface area contributed by atoms with Crippen LogP contribution in [0.1, 0.15) is 51.6 Å². The zero-order valence-corrected chi connectivity index (χ0v) is 18.6. The Morgan fingerprint density at radius 2 is 1.76 bits per heavy atom. The number of hydrogen-bond acceptors (Lipinski definition) is 4. The predicted octanol–water partition coefficient (Wildman–Crippen LogP) is 3.66. The van der Waals surface area contributed by atoms with Gasteiger partial charge < -0.3 is 20.4 Å². The summed E-state index contributed by atoms with van der Waals surface area (Å²) in [6.07, 6.45) is 0.688. The highest BCUT2D eigenvalue weighted by Gasteiger charge is 2.26. The number of amides is 2. The van der Waals surface area contributed by atoms with Crippen LogP contribution in [-0.4, -0.2) is 35.4 Å². The van der Waals surface area contributed by atoms with Gasteiger partial charge in [-0.05, 0) is 30.4 Å². The molecule has 2 amide bonds. The molecule has 3 N–H and O–H groups in total. The molecule has 0 aliphatic heterocycles. The highest BCUT2D eigenvalue weighted by Crippen LogP contribution is 2.18. The van der Waals surface area contributed by atoms with Crippen molar-refractivity contribution in [2.45, 2.75) is 53.1 Å². The second kappa shape index (κ2) is 10.4. The maximum Gasteiger partial charge on any atom is 0.287 e. The molecule has 0 aliphatic rings. The summed E-state index contributed by atoms with van der Waals surface area (Å²) in [5.74, 6) is 0.0626. The number of fused-ring (bicyclic) bond motifs is 1. The second-order valence-corrected chi connectivity index (χ2v) is 8.35. The van der Waals surface area contributed by atoms with Crippen LogP contribution in [0, 0.1) is 11.8 Å². The average Bonchev–Trinajstić information content (AvgIpc) is 3.12. The number of thiocarbonyl (C=S) groups is 1. The fourth-order valence-corrected chi connectivity index (χ4v) is 3.05. The lowest BCUT2D eigenvalue weighted by molar-refractivity contribution is -0.124. The van der Waals surface area contributed by atoms with Crippen LogP contribution in [0.4, 0.5) is 0 Å². The summed E-state index contributed by atoms with van der Waals surface area (Å²) in [6.45, 7) is 10.2. The molecule has 6 nitrogen and oxygen atoms in total. The van der Waals surface area contributed by atoms with E-state index in [1.165, 1.54) is 0 Å². The van der Waals surface area contributed by atoms with Crippen molar-refractivity contribution in [2.24, 2.45) is 11.8 Å². The zero-order valence-electron chi connectivity index (χ0n) is 17.7. The summed E-state index contributed by atoms with van der Waals surface area (Å²) < 4.78 is 5.61. The molecule has 0 aliphatic carbocycles. The highest BCUT2D eigenvalue weighted by atomic mass is 32.1. The third kappa shape index (κ3) is 6.29. The van der Waals surface area contributed by atoms with Crippen LogP contribution >= 0.6 is 12.2 Å². The summed E-state index contributed by atoms with van der Waals surface area (Å²) in [5, 5.41) is 9.94. The predicted molar refractivity (Wildman–Crippen MR) is 120 cm³/mol. The van der Waals surface area contributed by atoms with Crippen molar-refractivity contribution in [3.63, 3.8) is 0 Å². The van der Waals surface area contributed by atoms with Gasteiger partial charge in [0.05, 0.1) is 4.99 Å². The van der Waals surface area contributed by atoms with Gasteiger partial charge in [0, 0.05) is 18.0 Å². The van der Waals surface area contributed by atoms with E-state index in [1.54, 1.807) is 6.07 Å². The van der Waals surface area contributed by atoms with Gasteiger partial charge in [-0.15, -0.1) is 0 Å². The molecule has 2 atom stereocenters. The molecule has 0 radical (unpaired) electrons. The Hall–Kier alpha value is -2.41. The van der Waals surface area contributed by atoms with Gasteiger partial charge in [-0.25, -0.2) is 0 Å². The molecule has 0 saturated carbocycles. The molecule has 158 valence electrons. The highest BCUT2D eigenvalue weighted by molar-refractivity contribution is 7.80.